The summed E-state index contributed by atoms with van der Waals surface area (Å²) in [5.74, 6) is 1.60. The van der Waals surface area contributed by atoms with Crippen LogP contribution in [0.25, 0.3) is 0 Å². The summed E-state index contributed by atoms with van der Waals surface area (Å²) in [5.41, 5.74) is 1.06. The van der Waals surface area contributed by atoms with Crippen molar-refractivity contribution in [3.05, 3.63) is 12.2 Å². The summed E-state index contributed by atoms with van der Waals surface area (Å²) in [4.78, 5) is 11.3. The van der Waals surface area contributed by atoms with Gasteiger partial charge in [-0.3, -0.25) is 4.79 Å². The fourth-order valence-corrected chi connectivity index (χ4v) is 4.01. The monoisotopic (exact) mass is 208 g/mol. The highest BCUT2D eigenvalue weighted by molar-refractivity contribution is 5.72. The first-order valence-electron chi connectivity index (χ1n) is 5.83. The third-order valence-corrected chi connectivity index (χ3v) is 4.89. The zero-order chi connectivity index (χ0) is 11.3. The normalized spacial score (nSPS) is 48.2. The molecule has 15 heavy (non-hydrogen) atoms. The summed E-state index contributed by atoms with van der Waals surface area (Å²) < 4.78 is 0. The Morgan fingerprint density at radius 2 is 1.67 bits per heavy atom. The highest BCUT2D eigenvalue weighted by atomic mass is 16.4. The van der Waals surface area contributed by atoms with Crippen molar-refractivity contribution >= 4 is 5.97 Å². The van der Waals surface area contributed by atoms with Gasteiger partial charge in [0, 0.05) is 0 Å². The third-order valence-electron chi connectivity index (χ3n) is 4.89. The Morgan fingerprint density at radius 3 is 2.07 bits per heavy atom. The molecule has 6 atom stereocenters. The van der Waals surface area contributed by atoms with E-state index in [-0.39, 0.29) is 11.8 Å². The van der Waals surface area contributed by atoms with Crippen LogP contribution in [0, 0.1) is 35.5 Å². The first kappa shape index (κ1) is 10.7. The Morgan fingerprint density at radius 1 is 1.20 bits per heavy atom. The van der Waals surface area contributed by atoms with Crippen molar-refractivity contribution in [2.24, 2.45) is 35.5 Å². The minimum absolute atomic E-state index is 0.168. The molecule has 2 bridgehead atoms. The fourth-order valence-electron chi connectivity index (χ4n) is 4.01. The van der Waals surface area contributed by atoms with Crippen LogP contribution in [0.4, 0.5) is 0 Å². The summed E-state index contributed by atoms with van der Waals surface area (Å²) >= 11 is 0. The van der Waals surface area contributed by atoms with Crippen molar-refractivity contribution in [3.63, 3.8) is 0 Å². The van der Waals surface area contributed by atoms with Gasteiger partial charge in [0.25, 0.3) is 0 Å². The predicted octanol–water partition coefficient (Wildman–Crippen LogP) is 2.80. The van der Waals surface area contributed by atoms with Crippen LogP contribution in [0.5, 0.6) is 0 Å². The second-order valence-corrected chi connectivity index (χ2v) is 5.52. The average molecular weight is 208 g/mol. The predicted molar refractivity (Wildman–Crippen MR) is 59.4 cm³/mol. The maximum Gasteiger partial charge on any atom is 0.307 e. The van der Waals surface area contributed by atoms with Gasteiger partial charge in [0.1, 0.15) is 0 Å². The van der Waals surface area contributed by atoms with E-state index in [9.17, 15) is 9.90 Å². The van der Waals surface area contributed by atoms with E-state index in [2.05, 4.69) is 20.4 Å². The molecule has 2 saturated carbocycles. The van der Waals surface area contributed by atoms with Gasteiger partial charge in [0.05, 0.1) is 5.92 Å². The molecule has 0 amide bonds. The molecule has 0 aromatic rings. The van der Waals surface area contributed by atoms with E-state index >= 15 is 0 Å². The van der Waals surface area contributed by atoms with Gasteiger partial charge in [-0.1, -0.05) is 26.0 Å². The lowest BCUT2D eigenvalue weighted by atomic mass is 9.67. The summed E-state index contributed by atoms with van der Waals surface area (Å²) in [6.45, 7) is 10.4. The third kappa shape index (κ3) is 1.34. The molecule has 0 radical (unpaired) electrons. The highest BCUT2D eigenvalue weighted by Crippen LogP contribution is 2.59. The van der Waals surface area contributed by atoms with Gasteiger partial charge < -0.3 is 5.11 Å². The number of carboxylic acid groups (broad SMARTS) is 1. The molecule has 0 aromatic carbocycles. The lowest BCUT2D eigenvalue weighted by Gasteiger charge is -2.36. The molecule has 84 valence electrons. The maximum absolute atomic E-state index is 11.3. The molecular formula is C13H20O2. The van der Waals surface area contributed by atoms with Gasteiger partial charge in [0.15, 0.2) is 0 Å². The Bertz CT molecular complexity index is 278. The second-order valence-electron chi connectivity index (χ2n) is 5.52. The Hall–Kier alpha value is -0.790. The molecule has 2 aliphatic carbocycles. The first-order valence-corrected chi connectivity index (χ1v) is 5.83. The molecule has 0 spiro atoms. The van der Waals surface area contributed by atoms with Crippen LogP contribution in [-0.2, 0) is 4.79 Å². The SMILES string of the molecule is C=C(C)C1C2CC(C(C)C2C)C1C(=O)O. The minimum Gasteiger partial charge on any atom is -0.481 e. The standard InChI is InChI=1S/C13H20O2/c1-6(2)11-9-5-10(8(4)7(9)3)12(11)13(14)15/h7-12H,1,5H2,2-4H3,(H,14,15). The fraction of sp³-hybridized carbons (Fsp3) is 0.769. The quantitative estimate of drug-likeness (QED) is 0.708. The number of hydrogen-bond donors (Lipinski definition) is 1. The number of hydrogen-bond acceptors (Lipinski definition) is 1. The number of carboxylic acids is 1. The molecule has 6 unspecified atom stereocenters. The molecule has 0 saturated heterocycles. The lowest BCUT2D eigenvalue weighted by molar-refractivity contribution is -0.146. The smallest absolute Gasteiger partial charge is 0.307 e. The summed E-state index contributed by atoms with van der Waals surface area (Å²) in [5, 5.41) is 9.32. The molecule has 0 heterocycles. The molecule has 0 aromatic heterocycles. The highest BCUT2D eigenvalue weighted by Gasteiger charge is 2.57. The van der Waals surface area contributed by atoms with Crippen molar-refractivity contribution in [1.82, 2.24) is 0 Å². The Labute approximate surface area is 91.4 Å². The van der Waals surface area contributed by atoms with E-state index in [1.165, 1.54) is 0 Å². The van der Waals surface area contributed by atoms with E-state index in [0.717, 1.165) is 12.0 Å². The van der Waals surface area contributed by atoms with Gasteiger partial charge >= 0.3 is 5.97 Å². The van der Waals surface area contributed by atoms with Gasteiger partial charge in [-0.15, -0.1) is 0 Å². The molecule has 2 fully saturated rings. The number of carbonyl (C=O) groups is 1. The van der Waals surface area contributed by atoms with E-state index < -0.39 is 5.97 Å². The Balaban J connectivity index is 2.32. The molecule has 0 aliphatic heterocycles. The first-order chi connectivity index (χ1) is 6.95. The summed E-state index contributed by atoms with van der Waals surface area (Å²) in [6.07, 6.45) is 1.09. The van der Waals surface area contributed by atoms with E-state index in [0.29, 0.717) is 23.7 Å². The molecule has 1 N–H and O–H groups in total. The topological polar surface area (TPSA) is 37.3 Å². The van der Waals surface area contributed by atoms with E-state index in [1.807, 2.05) is 6.92 Å². The lowest BCUT2D eigenvalue weighted by Crippen LogP contribution is -2.37. The van der Waals surface area contributed by atoms with Crippen LogP contribution in [-0.4, -0.2) is 11.1 Å². The zero-order valence-electron chi connectivity index (χ0n) is 9.73. The van der Waals surface area contributed by atoms with Crippen molar-refractivity contribution in [1.29, 1.82) is 0 Å². The van der Waals surface area contributed by atoms with Crippen LogP contribution < -0.4 is 0 Å². The minimum atomic E-state index is -0.616. The molecule has 2 rings (SSSR count). The number of allylic oxidation sites excluding steroid dienone is 1. The Kier molecular flexibility index (Phi) is 2.40. The summed E-state index contributed by atoms with van der Waals surface area (Å²) in [6, 6.07) is 0. The van der Waals surface area contributed by atoms with Crippen LogP contribution in [0.15, 0.2) is 12.2 Å². The molecule has 2 nitrogen and oxygen atoms in total. The summed E-state index contributed by atoms with van der Waals surface area (Å²) in [7, 11) is 0. The number of aliphatic carboxylic acids is 1. The molecular weight excluding hydrogens is 188 g/mol. The number of fused-ring (bicyclic) bond motifs is 2. The van der Waals surface area contributed by atoms with Crippen molar-refractivity contribution in [3.8, 4) is 0 Å². The second kappa shape index (κ2) is 3.36. The largest absolute Gasteiger partial charge is 0.481 e. The molecule has 2 heteroatoms. The molecule has 2 aliphatic rings. The van der Waals surface area contributed by atoms with Crippen LogP contribution in [0.2, 0.25) is 0 Å². The zero-order valence-corrected chi connectivity index (χ0v) is 9.73. The van der Waals surface area contributed by atoms with Crippen LogP contribution >= 0.6 is 0 Å². The van der Waals surface area contributed by atoms with Crippen LogP contribution in [0.3, 0.4) is 0 Å². The van der Waals surface area contributed by atoms with Crippen molar-refractivity contribution < 1.29 is 9.90 Å². The van der Waals surface area contributed by atoms with Gasteiger partial charge in [0.2, 0.25) is 0 Å². The van der Waals surface area contributed by atoms with Crippen molar-refractivity contribution in [2.45, 2.75) is 27.2 Å². The maximum atomic E-state index is 11.3. The number of rotatable bonds is 2. The van der Waals surface area contributed by atoms with Crippen LogP contribution in [0.1, 0.15) is 27.2 Å². The van der Waals surface area contributed by atoms with Gasteiger partial charge in [-0.05, 0) is 42.9 Å². The van der Waals surface area contributed by atoms with Crippen molar-refractivity contribution in [2.75, 3.05) is 0 Å². The average Bonchev–Trinajstić information content (AvgIpc) is 2.64. The van der Waals surface area contributed by atoms with Gasteiger partial charge in [-0.2, -0.15) is 0 Å². The van der Waals surface area contributed by atoms with Gasteiger partial charge in [-0.25, -0.2) is 0 Å². The van der Waals surface area contributed by atoms with E-state index in [1.54, 1.807) is 0 Å². The van der Waals surface area contributed by atoms with E-state index in [4.69, 9.17) is 0 Å².